The van der Waals surface area contributed by atoms with Crippen LogP contribution in [-0.4, -0.2) is 39.4 Å². The van der Waals surface area contributed by atoms with Crippen molar-refractivity contribution >= 4 is 44.9 Å². The van der Waals surface area contributed by atoms with Gasteiger partial charge in [0.2, 0.25) is 5.78 Å². The van der Waals surface area contributed by atoms with E-state index in [1.807, 2.05) is 0 Å². The lowest BCUT2D eigenvalue weighted by Crippen LogP contribution is -2.56. The molecule has 0 fully saturated rings. The second kappa shape index (κ2) is 7.31. The molecule has 2 aromatic carbocycles. The van der Waals surface area contributed by atoms with Crippen LogP contribution in [0.15, 0.2) is 58.1 Å². The van der Waals surface area contributed by atoms with Crippen molar-refractivity contribution in [3.05, 3.63) is 69.2 Å². The molecule has 1 aliphatic heterocycles. The second-order valence-electron chi connectivity index (χ2n) is 6.00. The van der Waals surface area contributed by atoms with Gasteiger partial charge in [-0.3, -0.25) is 9.59 Å². The van der Waals surface area contributed by atoms with Gasteiger partial charge >= 0.3 is 6.18 Å². The molecule has 0 bridgehead atoms. The fraction of sp³-hybridized carbons (Fsp3) is 0.167. The first-order valence-electron chi connectivity index (χ1n) is 7.80. The Morgan fingerprint density at radius 3 is 2.36 bits per heavy atom. The number of nitrogens with zero attached hydrogens (tertiary/aromatic N) is 2. The van der Waals surface area contributed by atoms with Crippen molar-refractivity contribution in [3.8, 4) is 0 Å². The van der Waals surface area contributed by atoms with E-state index in [4.69, 9.17) is 11.6 Å². The fourth-order valence-electron chi connectivity index (χ4n) is 2.62. The SMILES string of the molecule is O=C(C1=NN(C(=O)c2cccc(Cl)c2)C(O)(C(F)(F)F)C1)c1ccc(Br)cc1. The molecule has 1 heterocycles. The van der Waals surface area contributed by atoms with Gasteiger partial charge in [0.1, 0.15) is 5.71 Å². The summed E-state index contributed by atoms with van der Waals surface area (Å²) in [6.45, 7) is 0. The van der Waals surface area contributed by atoms with Crippen LogP contribution in [0.4, 0.5) is 13.2 Å². The summed E-state index contributed by atoms with van der Waals surface area (Å²) < 4.78 is 41.4. The number of aliphatic hydroxyl groups is 1. The lowest BCUT2D eigenvalue weighted by molar-refractivity contribution is -0.297. The van der Waals surface area contributed by atoms with E-state index in [1.54, 1.807) is 0 Å². The zero-order valence-electron chi connectivity index (χ0n) is 13.9. The van der Waals surface area contributed by atoms with Gasteiger partial charge in [-0.05, 0) is 42.5 Å². The molecule has 1 unspecified atom stereocenters. The zero-order valence-corrected chi connectivity index (χ0v) is 16.2. The van der Waals surface area contributed by atoms with E-state index < -0.39 is 35.7 Å². The molecule has 1 aliphatic rings. The molecule has 146 valence electrons. The molecule has 2 aromatic rings. The predicted octanol–water partition coefficient (Wildman–Crippen LogP) is 4.44. The number of hydrogen-bond acceptors (Lipinski definition) is 4. The summed E-state index contributed by atoms with van der Waals surface area (Å²) in [6, 6.07) is 11.0. The molecule has 1 amide bonds. The number of Topliss-reactive ketones (excluding diaryl/α,β-unsaturated/α-hetero) is 1. The molecule has 1 atom stereocenters. The van der Waals surface area contributed by atoms with E-state index in [0.717, 1.165) is 6.07 Å². The smallest absolute Gasteiger partial charge is 0.362 e. The largest absolute Gasteiger partial charge is 0.438 e. The third-order valence-electron chi connectivity index (χ3n) is 4.07. The number of carbonyl (C=O) groups excluding carboxylic acids is 2. The second-order valence-corrected chi connectivity index (χ2v) is 7.35. The summed E-state index contributed by atoms with van der Waals surface area (Å²) in [5.74, 6) is -2.06. The average Bonchev–Trinajstić information content (AvgIpc) is 3.00. The third-order valence-corrected chi connectivity index (χ3v) is 4.84. The Hall–Kier alpha value is -2.23. The van der Waals surface area contributed by atoms with E-state index in [9.17, 15) is 27.9 Å². The molecule has 5 nitrogen and oxygen atoms in total. The van der Waals surface area contributed by atoms with Crippen molar-refractivity contribution < 1.29 is 27.9 Å². The van der Waals surface area contributed by atoms with Crippen LogP contribution >= 0.6 is 27.5 Å². The zero-order chi connectivity index (χ0) is 20.7. The van der Waals surface area contributed by atoms with Gasteiger partial charge in [-0.1, -0.05) is 33.6 Å². The van der Waals surface area contributed by atoms with E-state index in [1.165, 1.54) is 42.5 Å². The molecule has 28 heavy (non-hydrogen) atoms. The predicted molar refractivity (Wildman–Crippen MR) is 99.2 cm³/mol. The van der Waals surface area contributed by atoms with Crippen LogP contribution in [0.1, 0.15) is 27.1 Å². The first-order valence-corrected chi connectivity index (χ1v) is 8.97. The average molecular weight is 476 g/mol. The summed E-state index contributed by atoms with van der Waals surface area (Å²) in [6.07, 6.45) is -6.43. The van der Waals surface area contributed by atoms with Crippen LogP contribution in [-0.2, 0) is 0 Å². The highest BCUT2D eigenvalue weighted by Gasteiger charge is 2.64. The molecule has 3 rings (SSSR count). The Labute approximate surface area is 170 Å². The Kier molecular flexibility index (Phi) is 5.35. The molecular formula is C18H11BrClF3N2O3. The van der Waals surface area contributed by atoms with Gasteiger partial charge in [-0.2, -0.15) is 23.3 Å². The van der Waals surface area contributed by atoms with Crippen LogP contribution in [0.2, 0.25) is 5.02 Å². The maximum absolute atomic E-state index is 13.6. The van der Waals surface area contributed by atoms with Crippen LogP contribution in [0, 0.1) is 0 Å². The number of rotatable bonds is 3. The molecule has 0 spiro atoms. The van der Waals surface area contributed by atoms with Gasteiger partial charge in [-0.15, -0.1) is 0 Å². The molecule has 0 aromatic heterocycles. The summed E-state index contributed by atoms with van der Waals surface area (Å²) in [5.41, 5.74) is -4.37. The monoisotopic (exact) mass is 474 g/mol. The quantitative estimate of drug-likeness (QED) is 0.668. The Balaban J connectivity index is 2.02. The van der Waals surface area contributed by atoms with Crippen molar-refractivity contribution in [2.24, 2.45) is 5.10 Å². The van der Waals surface area contributed by atoms with Crippen molar-refractivity contribution in [3.63, 3.8) is 0 Å². The van der Waals surface area contributed by atoms with Gasteiger partial charge in [0.15, 0.2) is 0 Å². The molecule has 10 heteroatoms. The van der Waals surface area contributed by atoms with Crippen molar-refractivity contribution in [1.82, 2.24) is 5.01 Å². The number of ketones is 1. The minimum atomic E-state index is -5.24. The molecule has 1 N–H and O–H groups in total. The molecule has 0 saturated heterocycles. The van der Waals surface area contributed by atoms with Crippen LogP contribution < -0.4 is 0 Å². The number of benzene rings is 2. The third kappa shape index (κ3) is 3.69. The van der Waals surface area contributed by atoms with Crippen LogP contribution in [0.25, 0.3) is 0 Å². The van der Waals surface area contributed by atoms with Crippen molar-refractivity contribution in [2.45, 2.75) is 18.3 Å². The number of halogens is 5. The molecule has 0 radical (unpaired) electrons. The first kappa shape index (κ1) is 20.5. The van der Waals surface area contributed by atoms with E-state index in [-0.39, 0.29) is 21.2 Å². The normalized spacial score (nSPS) is 19.5. The van der Waals surface area contributed by atoms with Gasteiger partial charge in [0.25, 0.3) is 11.6 Å². The Morgan fingerprint density at radius 1 is 1.14 bits per heavy atom. The lowest BCUT2D eigenvalue weighted by atomic mass is 9.99. The standard InChI is InChI=1S/C18H11BrClF3N2O3/c19-12-6-4-10(5-7-12)15(26)14-9-17(28,18(21,22)23)25(24-14)16(27)11-2-1-3-13(20)8-11/h1-8,28H,9H2. The van der Waals surface area contributed by atoms with E-state index in [2.05, 4.69) is 21.0 Å². The molecule has 0 aliphatic carbocycles. The number of carbonyl (C=O) groups is 2. The maximum atomic E-state index is 13.6. The highest BCUT2D eigenvalue weighted by molar-refractivity contribution is 9.10. The number of hydrogen-bond donors (Lipinski definition) is 1. The highest BCUT2D eigenvalue weighted by Crippen LogP contribution is 2.41. The molecule has 0 saturated carbocycles. The van der Waals surface area contributed by atoms with Crippen LogP contribution in [0.5, 0.6) is 0 Å². The summed E-state index contributed by atoms with van der Waals surface area (Å²) in [4.78, 5) is 25.1. The lowest BCUT2D eigenvalue weighted by Gasteiger charge is -2.32. The van der Waals surface area contributed by atoms with Gasteiger partial charge in [0, 0.05) is 20.6 Å². The van der Waals surface area contributed by atoms with Gasteiger partial charge in [-0.25, -0.2) is 0 Å². The van der Waals surface area contributed by atoms with Crippen molar-refractivity contribution in [2.75, 3.05) is 0 Å². The van der Waals surface area contributed by atoms with E-state index >= 15 is 0 Å². The summed E-state index contributed by atoms with van der Waals surface area (Å²) in [5, 5.41) is 13.8. The summed E-state index contributed by atoms with van der Waals surface area (Å²) in [7, 11) is 0. The molecular weight excluding hydrogens is 465 g/mol. The Bertz CT molecular complexity index is 979. The maximum Gasteiger partial charge on any atom is 0.438 e. The van der Waals surface area contributed by atoms with E-state index in [0.29, 0.717) is 4.47 Å². The fourth-order valence-corrected chi connectivity index (χ4v) is 3.07. The van der Waals surface area contributed by atoms with Gasteiger partial charge < -0.3 is 5.11 Å². The van der Waals surface area contributed by atoms with Crippen LogP contribution in [0.3, 0.4) is 0 Å². The number of alkyl halides is 3. The number of amides is 1. The van der Waals surface area contributed by atoms with Gasteiger partial charge in [0.05, 0.1) is 6.42 Å². The minimum Gasteiger partial charge on any atom is -0.362 e. The topological polar surface area (TPSA) is 70.0 Å². The first-order chi connectivity index (χ1) is 13.0. The summed E-state index contributed by atoms with van der Waals surface area (Å²) >= 11 is 8.97. The Morgan fingerprint density at radius 2 is 1.79 bits per heavy atom. The highest BCUT2D eigenvalue weighted by atomic mass is 79.9. The minimum absolute atomic E-state index is 0.0727. The van der Waals surface area contributed by atoms with Crippen molar-refractivity contribution in [1.29, 1.82) is 0 Å². The number of hydrazone groups is 1.